The molecule has 3 aliphatic carbocycles. The summed E-state index contributed by atoms with van der Waals surface area (Å²) in [6.45, 7) is 4.39. The molecule has 1 saturated carbocycles. The quantitative estimate of drug-likeness (QED) is 0.751. The van der Waals surface area contributed by atoms with Gasteiger partial charge in [-0.05, 0) is 79.0 Å². The van der Waals surface area contributed by atoms with Gasteiger partial charge in [0.1, 0.15) is 5.75 Å². The molecule has 1 heterocycles. The number of aromatic amines is 1. The van der Waals surface area contributed by atoms with Crippen LogP contribution in [-0.4, -0.2) is 26.4 Å². The van der Waals surface area contributed by atoms with E-state index in [0.29, 0.717) is 23.5 Å². The van der Waals surface area contributed by atoms with Crippen molar-refractivity contribution in [3.63, 3.8) is 0 Å². The Labute approximate surface area is 158 Å². The Balaban J connectivity index is 1.55. The summed E-state index contributed by atoms with van der Waals surface area (Å²) in [5, 5.41) is 26.9. The molecular formula is C22H26N2O3. The van der Waals surface area contributed by atoms with E-state index in [2.05, 4.69) is 30.1 Å². The predicted octanol–water partition coefficient (Wildman–Crippen LogP) is 3.95. The van der Waals surface area contributed by atoms with Crippen LogP contribution in [0.4, 0.5) is 0 Å². The standard InChI is InChI=1S/C22H26N2O3/c1-3-11-8-15-12(9-18(11)25)4-5-14-13(15)6-7-22(2)17(14)10-16-19(21(26)27)23-24-20(16)22/h8-9,13-14,17,25H,3-7,10H2,1-2H3,(H,23,24)(H,26,27). The minimum Gasteiger partial charge on any atom is -0.508 e. The summed E-state index contributed by atoms with van der Waals surface area (Å²) in [6.07, 6.45) is 5.94. The number of nitrogens with one attached hydrogen (secondary N) is 1. The molecule has 2 aromatic rings. The number of benzene rings is 1. The summed E-state index contributed by atoms with van der Waals surface area (Å²) in [7, 11) is 0. The number of phenols is 1. The van der Waals surface area contributed by atoms with Gasteiger partial charge in [0, 0.05) is 16.7 Å². The molecule has 0 saturated heterocycles. The molecule has 1 aromatic heterocycles. The highest BCUT2D eigenvalue weighted by atomic mass is 16.4. The van der Waals surface area contributed by atoms with Gasteiger partial charge < -0.3 is 10.2 Å². The third-order valence-electron chi connectivity index (χ3n) is 7.76. The van der Waals surface area contributed by atoms with Crippen molar-refractivity contribution in [1.82, 2.24) is 10.2 Å². The van der Waals surface area contributed by atoms with Gasteiger partial charge in [0.2, 0.25) is 0 Å². The van der Waals surface area contributed by atoms with E-state index < -0.39 is 5.97 Å². The smallest absolute Gasteiger partial charge is 0.356 e. The van der Waals surface area contributed by atoms with Crippen LogP contribution in [0.5, 0.6) is 5.75 Å². The van der Waals surface area contributed by atoms with Gasteiger partial charge in [-0.1, -0.05) is 19.9 Å². The van der Waals surface area contributed by atoms with E-state index in [-0.39, 0.29) is 11.1 Å². The largest absolute Gasteiger partial charge is 0.508 e. The Morgan fingerprint density at radius 1 is 1.37 bits per heavy atom. The van der Waals surface area contributed by atoms with E-state index in [1.165, 1.54) is 11.1 Å². The first-order valence-electron chi connectivity index (χ1n) is 10.1. The highest BCUT2D eigenvalue weighted by Gasteiger charge is 2.54. The van der Waals surface area contributed by atoms with Gasteiger partial charge in [-0.2, -0.15) is 5.10 Å². The van der Waals surface area contributed by atoms with Crippen LogP contribution in [0.1, 0.15) is 77.5 Å². The van der Waals surface area contributed by atoms with Gasteiger partial charge in [-0.3, -0.25) is 5.10 Å². The molecule has 3 aliphatic rings. The molecule has 5 heteroatoms. The Bertz CT molecular complexity index is 947. The number of carbonyl (C=O) groups is 1. The average molecular weight is 366 g/mol. The Kier molecular flexibility index (Phi) is 3.49. The zero-order chi connectivity index (χ0) is 18.9. The Morgan fingerprint density at radius 2 is 2.19 bits per heavy atom. The van der Waals surface area contributed by atoms with Crippen LogP contribution in [0.3, 0.4) is 0 Å². The first-order valence-corrected chi connectivity index (χ1v) is 10.1. The summed E-state index contributed by atoms with van der Waals surface area (Å²) in [5.41, 5.74) is 5.98. The van der Waals surface area contributed by atoms with Crippen LogP contribution < -0.4 is 0 Å². The molecule has 4 atom stereocenters. The zero-order valence-electron chi connectivity index (χ0n) is 15.9. The van der Waals surface area contributed by atoms with E-state index in [1.807, 2.05) is 6.07 Å². The van der Waals surface area contributed by atoms with E-state index in [1.54, 1.807) is 0 Å². The highest BCUT2D eigenvalue weighted by molar-refractivity contribution is 5.87. The topological polar surface area (TPSA) is 86.2 Å². The molecule has 0 bridgehead atoms. The molecule has 5 rings (SSSR count). The van der Waals surface area contributed by atoms with E-state index in [0.717, 1.165) is 55.3 Å². The number of H-pyrrole nitrogens is 1. The first-order chi connectivity index (χ1) is 12.9. The Hall–Kier alpha value is -2.30. The monoisotopic (exact) mass is 366 g/mol. The lowest BCUT2D eigenvalue weighted by molar-refractivity contribution is 0.0687. The molecule has 5 nitrogen and oxygen atoms in total. The number of carboxylic acid groups (broad SMARTS) is 1. The number of aryl methyl sites for hydroxylation is 2. The van der Waals surface area contributed by atoms with E-state index in [4.69, 9.17) is 0 Å². The number of nitrogens with zero attached hydrogens (tertiary/aromatic N) is 1. The minimum atomic E-state index is -0.927. The fourth-order valence-electron chi connectivity index (χ4n) is 6.38. The van der Waals surface area contributed by atoms with Crippen LogP contribution in [0, 0.1) is 11.8 Å². The number of aromatic carboxylic acids is 1. The molecule has 27 heavy (non-hydrogen) atoms. The summed E-state index contributed by atoms with van der Waals surface area (Å²) < 4.78 is 0. The summed E-state index contributed by atoms with van der Waals surface area (Å²) in [5.74, 6) is 1.05. The van der Waals surface area contributed by atoms with Crippen LogP contribution in [-0.2, 0) is 24.7 Å². The van der Waals surface area contributed by atoms with Crippen molar-refractivity contribution in [2.45, 2.75) is 63.7 Å². The second-order valence-corrected chi connectivity index (χ2v) is 8.84. The lowest BCUT2D eigenvalue weighted by atomic mass is 9.55. The van der Waals surface area contributed by atoms with Crippen LogP contribution >= 0.6 is 0 Å². The van der Waals surface area contributed by atoms with Crippen LogP contribution in [0.25, 0.3) is 0 Å². The lowest BCUT2D eigenvalue weighted by Gasteiger charge is -2.49. The second kappa shape index (κ2) is 5.60. The number of fused-ring (bicyclic) bond motifs is 7. The van der Waals surface area contributed by atoms with Crippen LogP contribution in [0.15, 0.2) is 12.1 Å². The number of carboxylic acids is 1. The number of hydrogen-bond donors (Lipinski definition) is 3. The minimum absolute atomic E-state index is 0.000785. The summed E-state index contributed by atoms with van der Waals surface area (Å²) in [4.78, 5) is 11.6. The average Bonchev–Trinajstić information content (AvgIpc) is 3.19. The van der Waals surface area contributed by atoms with E-state index in [9.17, 15) is 15.0 Å². The number of hydrogen-bond acceptors (Lipinski definition) is 3. The molecule has 142 valence electrons. The van der Waals surface area contributed by atoms with Crippen LogP contribution in [0.2, 0.25) is 0 Å². The predicted molar refractivity (Wildman–Crippen MR) is 101 cm³/mol. The molecule has 1 fully saturated rings. The van der Waals surface area contributed by atoms with Gasteiger partial charge in [-0.25, -0.2) is 4.79 Å². The van der Waals surface area contributed by atoms with E-state index >= 15 is 0 Å². The highest BCUT2D eigenvalue weighted by Crippen LogP contribution is 2.60. The molecule has 0 radical (unpaired) electrons. The fraction of sp³-hybridized carbons (Fsp3) is 0.545. The van der Waals surface area contributed by atoms with Gasteiger partial charge in [0.05, 0.1) is 0 Å². The lowest BCUT2D eigenvalue weighted by Crippen LogP contribution is -2.43. The molecular weight excluding hydrogens is 340 g/mol. The van der Waals surface area contributed by atoms with Gasteiger partial charge in [0.25, 0.3) is 0 Å². The number of aromatic hydroxyl groups is 1. The second-order valence-electron chi connectivity index (χ2n) is 8.84. The molecule has 0 amide bonds. The number of phenolic OH excluding ortho intramolecular Hbond substituents is 1. The maximum absolute atomic E-state index is 11.6. The maximum Gasteiger partial charge on any atom is 0.356 e. The molecule has 3 N–H and O–H groups in total. The van der Waals surface area contributed by atoms with Gasteiger partial charge in [-0.15, -0.1) is 0 Å². The number of rotatable bonds is 2. The summed E-state index contributed by atoms with van der Waals surface area (Å²) in [6, 6.07) is 4.23. The van der Waals surface area contributed by atoms with Gasteiger partial charge in [0.15, 0.2) is 5.69 Å². The maximum atomic E-state index is 11.6. The van der Waals surface area contributed by atoms with Crippen molar-refractivity contribution >= 4 is 5.97 Å². The molecule has 0 spiro atoms. The van der Waals surface area contributed by atoms with Crippen molar-refractivity contribution in [3.05, 3.63) is 45.8 Å². The summed E-state index contributed by atoms with van der Waals surface area (Å²) >= 11 is 0. The normalized spacial score (nSPS) is 31.0. The molecule has 0 aliphatic heterocycles. The van der Waals surface area contributed by atoms with Crippen molar-refractivity contribution in [2.75, 3.05) is 0 Å². The first kappa shape index (κ1) is 16.8. The molecule has 1 aromatic carbocycles. The van der Waals surface area contributed by atoms with Crippen molar-refractivity contribution in [1.29, 1.82) is 0 Å². The SMILES string of the molecule is CCc1cc2c(cc1O)CCC1C2CCC2(C)c3[nH]nc(C(=O)O)c3CC12. The Morgan fingerprint density at radius 3 is 2.93 bits per heavy atom. The fourth-order valence-corrected chi connectivity index (χ4v) is 6.38. The van der Waals surface area contributed by atoms with Crippen molar-refractivity contribution in [3.8, 4) is 5.75 Å². The molecule has 4 unspecified atom stereocenters. The number of aromatic nitrogens is 2. The third-order valence-corrected chi connectivity index (χ3v) is 7.76. The van der Waals surface area contributed by atoms with Crippen molar-refractivity contribution in [2.24, 2.45) is 11.8 Å². The third kappa shape index (κ3) is 2.17. The van der Waals surface area contributed by atoms with Gasteiger partial charge >= 0.3 is 5.97 Å². The zero-order valence-corrected chi connectivity index (χ0v) is 15.9. The van der Waals surface area contributed by atoms with Crippen molar-refractivity contribution < 1.29 is 15.0 Å².